The van der Waals surface area contributed by atoms with Gasteiger partial charge in [-0.1, -0.05) is 31.2 Å². The van der Waals surface area contributed by atoms with E-state index in [0.717, 1.165) is 12.0 Å². The van der Waals surface area contributed by atoms with E-state index in [4.69, 9.17) is 4.42 Å². The van der Waals surface area contributed by atoms with E-state index in [9.17, 15) is 14.0 Å². The van der Waals surface area contributed by atoms with Gasteiger partial charge >= 0.3 is 0 Å². The second-order valence-electron chi connectivity index (χ2n) is 6.34. The Labute approximate surface area is 161 Å². The zero-order valence-electron chi connectivity index (χ0n) is 15.1. The van der Waals surface area contributed by atoms with E-state index in [1.165, 1.54) is 17.2 Å². The van der Waals surface area contributed by atoms with Crippen molar-refractivity contribution >= 4 is 23.6 Å². The topological polar surface area (TPSA) is 62.6 Å². The van der Waals surface area contributed by atoms with Gasteiger partial charge < -0.3 is 4.42 Å². The number of carbonyl (C=O) groups excluding carboxylic acids is 2. The molecular formula is C22H17FN2O3. The zero-order valence-corrected chi connectivity index (χ0v) is 15.1. The van der Waals surface area contributed by atoms with Crippen LogP contribution in [0.5, 0.6) is 0 Å². The predicted molar refractivity (Wildman–Crippen MR) is 104 cm³/mol. The summed E-state index contributed by atoms with van der Waals surface area (Å²) >= 11 is 0. The fraction of sp³-hybridized carbons (Fsp3) is 0.0909. The number of benzene rings is 2. The number of aryl methyl sites for hydroxylation is 1. The number of hydrazine groups is 1. The molecule has 1 N–H and O–H groups in total. The monoisotopic (exact) mass is 376 g/mol. The van der Waals surface area contributed by atoms with Gasteiger partial charge in [-0.3, -0.25) is 15.0 Å². The third-order valence-corrected chi connectivity index (χ3v) is 4.55. The summed E-state index contributed by atoms with van der Waals surface area (Å²) in [5, 5.41) is 1.20. The van der Waals surface area contributed by atoms with Crippen molar-refractivity contribution < 1.29 is 18.4 Å². The lowest BCUT2D eigenvalue weighted by Crippen LogP contribution is -2.35. The zero-order chi connectivity index (χ0) is 19.7. The molecule has 4 rings (SSSR count). The fourth-order valence-electron chi connectivity index (χ4n) is 3.00. The first-order chi connectivity index (χ1) is 13.6. The van der Waals surface area contributed by atoms with Crippen LogP contribution in [0.3, 0.4) is 0 Å². The van der Waals surface area contributed by atoms with Gasteiger partial charge in [-0.15, -0.1) is 0 Å². The van der Waals surface area contributed by atoms with Crippen LogP contribution in [0.15, 0.2) is 70.7 Å². The molecule has 1 saturated heterocycles. The van der Waals surface area contributed by atoms with Crippen molar-refractivity contribution in [1.82, 2.24) is 5.43 Å². The van der Waals surface area contributed by atoms with Gasteiger partial charge in [0.1, 0.15) is 22.9 Å². The van der Waals surface area contributed by atoms with Crippen LogP contribution >= 0.6 is 0 Å². The third kappa shape index (κ3) is 3.20. The molecular weight excluding hydrogens is 359 g/mol. The largest absolute Gasteiger partial charge is 0.457 e. The number of carbonyl (C=O) groups is 2. The van der Waals surface area contributed by atoms with Crippen LogP contribution in [-0.4, -0.2) is 11.8 Å². The molecule has 1 fully saturated rings. The average Bonchev–Trinajstić information content (AvgIpc) is 3.28. The molecule has 2 heterocycles. The summed E-state index contributed by atoms with van der Waals surface area (Å²) in [6.07, 6.45) is 2.25. The van der Waals surface area contributed by atoms with E-state index in [1.807, 2.05) is 19.1 Å². The molecule has 2 aromatic carbocycles. The van der Waals surface area contributed by atoms with Gasteiger partial charge in [0.25, 0.3) is 11.8 Å². The molecule has 0 saturated carbocycles. The van der Waals surface area contributed by atoms with E-state index in [-0.39, 0.29) is 5.57 Å². The van der Waals surface area contributed by atoms with Crippen LogP contribution in [0.4, 0.5) is 10.1 Å². The highest BCUT2D eigenvalue weighted by Crippen LogP contribution is 2.27. The minimum absolute atomic E-state index is 0.0472. The Balaban J connectivity index is 1.60. The molecule has 0 aliphatic carbocycles. The second kappa shape index (κ2) is 7.15. The molecule has 1 aliphatic heterocycles. The van der Waals surface area contributed by atoms with Crippen LogP contribution in [0.2, 0.25) is 0 Å². The van der Waals surface area contributed by atoms with Crippen molar-refractivity contribution in [1.29, 1.82) is 0 Å². The van der Waals surface area contributed by atoms with E-state index < -0.39 is 17.6 Å². The molecule has 140 valence electrons. The van der Waals surface area contributed by atoms with Crippen LogP contribution in [0.25, 0.3) is 17.4 Å². The standard InChI is InChI=1S/C22H17FN2O3/c1-2-14-7-9-15(10-8-14)25-22(27)18(21(26)24-25)13-16-11-12-20(28-16)17-5-3-4-6-19(17)23/h3-13H,2H2,1H3,(H,24,26). The lowest BCUT2D eigenvalue weighted by Gasteiger charge is -2.14. The Hall–Kier alpha value is -3.67. The number of hydrogen-bond acceptors (Lipinski definition) is 3. The number of nitrogens with zero attached hydrogens (tertiary/aromatic N) is 1. The van der Waals surface area contributed by atoms with Gasteiger partial charge in [-0.05, 0) is 54.5 Å². The molecule has 0 spiro atoms. The van der Waals surface area contributed by atoms with E-state index in [2.05, 4.69) is 5.43 Å². The van der Waals surface area contributed by atoms with E-state index in [1.54, 1.807) is 42.5 Å². The molecule has 1 aliphatic rings. The average molecular weight is 376 g/mol. The maximum atomic E-state index is 13.9. The fourth-order valence-corrected chi connectivity index (χ4v) is 3.00. The SMILES string of the molecule is CCc1ccc(N2NC(=O)C(=Cc3ccc(-c4ccccc4F)o3)C2=O)cc1. The van der Waals surface area contributed by atoms with Gasteiger partial charge in [0.05, 0.1) is 11.3 Å². The van der Waals surface area contributed by atoms with Crippen molar-refractivity contribution in [3.05, 3.63) is 83.4 Å². The Kier molecular flexibility index (Phi) is 4.53. The summed E-state index contributed by atoms with van der Waals surface area (Å²) in [5.74, 6) is -0.790. The highest BCUT2D eigenvalue weighted by atomic mass is 19.1. The number of rotatable bonds is 4. The number of hydrogen-bond donors (Lipinski definition) is 1. The molecule has 0 radical (unpaired) electrons. The molecule has 28 heavy (non-hydrogen) atoms. The number of anilines is 1. The molecule has 6 heteroatoms. The third-order valence-electron chi connectivity index (χ3n) is 4.55. The van der Waals surface area contributed by atoms with Crippen LogP contribution < -0.4 is 10.4 Å². The highest BCUT2D eigenvalue weighted by molar-refractivity contribution is 6.31. The summed E-state index contributed by atoms with van der Waals surface area (Å²) < 4.78 is 19.5. The normalized spacial score (nSPS) is 15.4. The van der Waals surface area contributed by atoms with E-state index in [0.29, 0.717) is 22.8 Å². The number of amides is 2. The lowest BCUT2D eigenvalue weighted by atomic mass is 10.1. The first-order valence-electron chi connectivity index (χ1n) is 8.87. The Bertz CT molecular complexity index is 1080. The lowest BCUT2D eigenvalue weighted by molar-refractivity contribution is -0.117. The summed E-state index contributed by atoms with van der Waals surface area (Å²) in [6.45, 7) is 2.04. The maximum Gasteiger partial charge on any atom is 0.282 e. The van der Waals surface area contributed by atoms with Gasteiger partial charge in [0.15, 0.2) is 0 Å². The first-order valence-corrected chi connectivity index (χ1v) is 8.87. The van der Waals surface area contributed by atoms with Crippen LogP contribution in [-0.2, 0) is 16.0 Å². The molecule has 2 amide bonds. The molecule has 1 aromatic heterocycles. The van der Waals surface area contributed by atoms with Crippen molar-refractivity contribution in [2.24, 2.45) is 0 Å². The number of furan rings is 1. The minimum atomic E-state index is -0.520. The molecule has 0 unspecified atom stereocenters. The maximum absolute atomic E-state index is 13.9. The summed E-state index contributed by atoms with van der Waals surface area (Å²) in [6, 6.07) is 16.8. The molecule has 0 bridgehead atoms. The summed E-state index contributed by atoms with van der Waals surface area (Å²) in [4.78, 5) is 25.0. The smallest absolute Gasteiger partial charge is 0.282 e. The Morgan fingerprint density at radius 1 is 1.04 bits per heavy atom. The minimum Gasteiger partial charge on any atom is -0.457 e. The van der Waals surface area contributed by atoms with Crippen molar-refractivity contribution in [2.75, 3.05) is 5.01 Å². The molecule has 3 aromatic rings. The predicted octanol–water partition coefficient (Wildman–Crippen LogP) is 4.11. The van der Waals surface area contributed by atoms with Crippen molar-refractivity contribution in [3.63, 3.8) is 0 Å². The van der Waals surface area contributed by atoms with Gasteiger partial charge in [-0.25, -0.2) is 9.40 Å². The van der Waals surface area contributed by atoms with Crippen LogP contribution in [0.1, 0.15) is 18.2 Å². The summed E-state index contributed by atoms with van der Waals surface area (Å²) in [5.41, 5.74) is 4.52. The number of halogens is 1. The van der Waals surface area contributed by atoms with Crippen molar-refractivity contribution in [2.45, 2.75) is 13.3 Å². The first kappa shape index (κ1) is 17.7. The van der Waals surface area contributed by atoms with Crippen LogP contribution in [0, 0.1) is 5.82 Å². The van der Waals surface area contributed by atoms with Crippen molar-refractivity contribution in [3.8, 4) is 11.3 Å². The van der Waals surface area contributed by atoms with Gasteiger partial charge in [0.2, 0.25) is 0 Å². The van der Waals surface area contributed by atoms with Gasteiger partial charge in [-0.2, -0.15) is 0 Å². The molecule has 0 atom stereocenters. The van der Waals surface area contributed by atoms with Gasteiger partial charge in [0, 0.05) is 0 Å². The quantitative estimate of drug-likeness (QED) is 0.551. The summed E-state index contributed by atoms with van der Waals surface area (Å²) in [7, 11) is 0. The second-order valence-corrected chi connectivity index (χ2v) is 6.34. The highest BCUT2D eigenvalue weighted by Gasteiger charge is 2.34. The number of nitrogens with one attached hydrogen (secondary N) is 1. The Morgan fingerprint density at radius 2 is 1.79 bits per heavy atom. The van der Waals surface area contributed by atoms with E-state index >= 15 is 0 Å². The molecule has 5 nitrogen and oxygen atoms in total. The Morgan fingerprint density at radius 3 is 2.50 bits per heavy atom.